The Hall–Kier alpha value is -1.96. The van der Waals surface area contributed by atoms with E-state index in [9.17, 15) is 0 Å². The zero-order valence-corrected chi connectivity index (χ0v) is 18.8. The number of aliphatic imine (C=N–C) groups is 1. The molecule has 0 radical (unpaired) electrons. The maximum Gasteiger partial charge on any atom is 0.191 e. The number of rotatable bonds is 7. The van der Waals surface area contributed by atoms with E-state index in [-0.39, 0.29) is 5.54 Å². The number of hydrogen-bond acceptors (Lipinski definition) is 5. The number of aryl methyl sites for hydroxylation is 1. The summed E-state index contributed by atoms with van der Waals surface area (Å²) in [6.07, 6.45) is 0.871. The molecule has 2 aromatic rings. The first kappa shape index (κ1) is 21.7. The second kappa shape index (κ2) is 10.2. The molecule has 0 amide bonds. The van der Waals surface area contributed by atoms with Crippen LogP contribution in [-0.2, 0) is 11.2 Å². The van der Waals surface area contributed by atoms with Crippen molar-refractivity contribution in [2.45, 2.75) is 32.7 Å². The van der Waals surface area contributed by atoms with E-state index in [1.165, 1.54) is 11.1 Å². The van der Waals surface area contributed by atoms with Crippen molar-refractivity contribution in [1.29, 1.82) is 0 Å². The molecule has 1 aliphatic heterocycles. The molecule has 0 bridgehead atoms. The highest BCUT2D eigenvalue weighted by Gasteiger charge is 2.28. The van der Waals surface area contributed by atoms with Crippen molar-refractivity contribution in [2.24, 2.45) is 4.99 Å². The van der Waals surface area contributed by atoms with E-state index in [1.807, 2.05) is 7.05 Å². The van der Waals surface area contributed by atoms with Gasteiger partial charge in [-0.05, 0) is 20.8 Å². The number of ether oxygens (including phenoxy) is 1. The van der Waals surface area contributed by atoms with Crippen LogP contribution < -0.4 is 10.6 Å². The Morgan fingerprint density at radius 2 is 1.93 bits per heavy atom. The lowest BCUT2D eigenvalue weighted by Gasteiger charge is -2.41. The SMILES string of the molecule is CN=C(NCCc1csc(-c2ccc(C)cc2)n1)NCC(C)(C)N1CCOCC1. The minimum atomic E-state index is 0.0548. The number of aromatic nitrogens is 1. The van der Waals surface area contributed by atoms with Crippen LogP contribution >= 0.6 is 11.3 Å². The fourth-order valence-corrected chi connectivity index (χ4v) is 4.22. The Morgan fingerprint density at radius 1 is 1.21 bits per heavy atom. The molecule has 0 unspecified atom stereocenters. The summed E-state index contributed by atoms with van der Waals surface area (Å²) in [5, 5.41) is 10.1. The number of guanidine groups is 1. The van der Waals surface area contributed by atoms with E-state index in [0.29, 0.717) is 0 Å². The average Bonchev–Trinajstić information content (AvgIpc) is 3.20. The normalized spacial score (nSPS) is 16.1. The molecule has 0 atom stereocenters. The predicted octanol–water partition coefficient (Wildman–Crippen LogP) is 2.94. The number of thiazole rings is 1. The van der Waals surface area contributed by atoms with Crippen LogP contribution in [0.4, 0.5) is 0 Å². The smallest absolute Gasteiger partial charge is 0.191 e. The van der Waals surface area contributed by atoms with Crippen LogP contribution in [0.1, 0.15) is 25.1 Å². The van der Waals surface area contributed by atoms with E-state index in [2.05, 4.69) is 70.9 Å². The zero-order valence-electron chi connectivity index (χ0n) is 18.0. The van der Waals surface area contributed by atoms with Gasteiger partial charge in [0.2, 0.25) is 0 Å². The number of morpholine rings is 1. The predicted molar refractivity (Wildman–Crippen MR) is 122 cm³/mol. The second-order valence-electron chi connectivity index (χ2n) is 8.02. The Kier molecular flexibility index (Phi) is 7.64. The number of nitrogens with one attached hydrogen (secondary N) is 2. The third-order valence-electron chi connectivity index (χ3n) is 5.30. The van der Waals surface area contributed by atoms with Crippen LogP contribution in [0, 0.1) is 6.92 Å². The lowest BCUT2D eigenvalue weighted by atomic mass is 10.0. The van der Waals surface area contributed by atoms with Gasteiger partial charge < -0.3 is 15.4 Å². The van der Waals surface area contributed by atoms with Crippen LogP contribution in [0.15, 0.2) is 34.6 Å². The average molecular weight is 416 g/mol. The maximum atomic E-state index is 5.47. The monoisotopic (exact) mass is 415 g/mol. The summed E-state index contributed by atoms with van der Waals surface area (Å²) in [4.78, 5) is 11.6. The zero-order chi connectivity index (χ0) is 20.7. The summed E-state index contributed by atoms with van der Waals surface area (Å²) in [6, 6.07) is 8.54. The van der Waals surface area contributed by atoms with Gasteiger partial charge in [0.25, 0.3) is 0 Å². The van der Waals surface area contributed by atoms with Crippen molar-refractivity contribution in [3.63, 3.8) is 0 Å². The molecule has 2 N–H and O–H groups in total. The van der Waals surface area contributed by atoms with Crippen LogP contribution in [0.2, 0.25) is 0 Å². The Morgan fingerprint density at radius 3 is 2.62 bits per heavy atom. The van der Waals surface area contributed by atoms with Crippen LogP contribution in [-0.4, -0.2) is 67.8 Å². The van der Waals surface area contributed by atoms with Crippen molar-refractivity contribution in [3.05, 3.63) is 40.9 Å². The molecule has 2 heterocycles. The minimum Gasteiger partial charge on any atom is -0.379 e. The van der Waals surface area contributed by atoms with Gasteiger partial charge >= 0.3 is 0 Å². The third-order valence-corrected chi connectivity index (χ3v) is 6.24. The first-order chi connectivity index (χ1) is 14.0. The van der Waals surface area contributed by atoms with E-state index < -0.39 is 0 Å². The van der Waals surface area contributed by atoms with Crippen molar-refractivity contribution in [3.8, 4) is 10.6 Å². The highest BCUT2D eigenvalue weighted by molar-refractivity contribution is 7.13. The van der Waals surface area contributed by atoms with E-state index in [4.69, 9.17) is 9.72 Å². The van der Waals surface area contributed by atoms with Crippen LogP contribution in [0.5, 0.6) is 0 Å². The second-order valence-corrected chi connectivity index (χ2v) is 8.88. The molecule has 1 aromatic carbocycles. The molecule has 29 heavy (non-hydrogen) atoms. The van der Waals surface area contributed by atoms with Gasteiger partial charge in [0.15, 0.2) is 5.96 Å². The molecule has 7 heteroatoms. The summed E-state index contributed by atoms with van der Waals surface area (Å²) in [5.41, 5.74) is 3.62. The quantitative estimate of drug-likeness (QED) is 0.538. The topological polar surface area (TPSA) is 61.8 Å². The van der Waals surface area contributed by atoms with Gasteiger partial charge in [-0.1, -0.05) is 29.8 Å². The largest absolute Gasteiger partial charge is 0.379 e. The van der Waals surface area contributed by atoms with Crippen molar-refractivity contribution >= 4 is 17.3 Å². The molecule has 1 saturated heterocycles. The molecule has 1 aromatic heterocycles. The van der Waals surface area contributed by atoms with Gasteiger partial charge in [-0.2, -0.15) is 0 Å². The summed E-state index contributed by atoms with van der Waals surface area (Å²) < 4.78 is 5.47. The van der Waals surface area contributed by atoms with Gasteiger partial charge in [-0.15, -0.1) is 11.3 Å². The summed E-state index contributed by atoms with van der Waals surface area (Å²) in [7, 11) is 1.81. The Labute approximate surface area is 178 Å². The van der Waals surface area contributed by atoms with E-state index >= 15 is 0 Å². The Bertz CT molecular complexity index is 794. The molecule has 3 rings (SSSR count). The molecule has 0 spiro atoms. The Balaban J connectivity index is 1.44. The van der Waals surface area contributed by atoms with Gasteiger partial charge in [0.1, 0.15) is 5.01 Å². The molecule has 1 fully saturated rings. The lowest BCUT2D eigenvalue weighted by molar-refractivity contribution is -0.00833. The van der Waals surface area contributed by atoms with Gasteiger partial charge in [-0.3, -0.25) is 9.89 Å². The van der Waals surface area contributed by atoms with E-state index in [0.717, 1.165) is 62.5 Å². The summed E-state index contributed by atoms with van der Waals surface area (Å²) in [6.45, 7) is 11.9. The summed E-state index contributed by atoms with van der Waals surface area (Å²) >= 11 is 1.70. The summed E-state index contributed by atoms with van der Waals surface area (Å²) in [5.74, 6) is 0.834. The molecule has 0 saturated carbocycles. The highest BCUT2D eigenvalue weighted by atomic mass is 32.1. The first-order valence-electron chi connectivity index (χ1n) is 10.3. The fourth-order valence-electron chi connectivity index (χ4n) is 3.36. The maximum absolute atomic E-state index is 5.47. The molecule has 158 valence electrons. The van der Waals surface area contributed by atoms with Crippen molar-refractivity contribution < 1.29 is 4.74 Å². The van der Waals surface area contributed by atoms with Gasteiger partial charge in [-0.25, -0.2) is 4.98 Å². The van der Waals surface area contributed by atoms with Crippen LogP contribution in [0.25, 0.3) is 10.6 Å². The standard InChI is InChI=1S/C22H33N5OS/c1-17-5-7-18(8-6-17)20-26-19(15-29-20)9-10-24-21(23-4)25-16-22(2,3)27-11-13-28-14-12-27/h5-8,15H,9-14,16H2,1-4H3,(H2,23,24,25). The molecule has 0 aliphatic carbocycles. The minimum absolute atomic E-state index is 0.0548. The molecular formula is C22H33N5OS. The molecule has 6 nitrogen and oxygen atoms in total. The van der Waals surface area contributed by atoms with Gasteiger partial charge in [0.05, 0.1) is 18.9 Å². The molecule has 1 aliphatic rings. The first-order valence-corrected chi connectivity index (χ1v) is 11.1. The van der Waals surface area contributed by atoms with Crippen LogP contribution in [0.3, 0.4) is 0 Å². The fraction of sp³-hybridized carbons (Fsp3) is 0.545. The number of hydrogen-bond donors (Lipinski definition) is 2. The lowest BCUT2D eigenvalue weighted by Crippen LogP contribution is -2.56. The number of nitrogens with zero attached hydrogens (tertiary/aromatic N) is 3. The van der Waals surface area contributed by atoms with E-state index in [1.54, 1.807) is 11.3 Å². The molecular weight excluding hydrogens is 382 g/mol. The van der Waals surface area contributed by atoms with Crippen molar-refractivity contribution in [1.82, 2.24) is 20.5 Å². The third kappa shape index (κ3) is 6.26. The highest BCUT2D eigenvalue weighted by Crippen LogP contribution is 2.24. The van der Waals surface area contributed by atoms with Crippen molar-refractivity contribution in [2.75, 3.05) is 46.4 Å². The van der Waals surface area contributed by atoms with Gasteiger partial charge in [0, 0.05) is 56.1 Å². The number of benzene rings is 1.